The lowest BCUT2D eigenvalue weighted by Gasteiger charge is -2.28. The van der Waals surface area contributed by atoms with Gasteiger partial charge in [0.05, 0.1) is 6.04 Å². The smallest absolute Gasteiger partial charge is 0.223 e. The zero-order valence-corrected chi connectivity index (χ0v) is 11.7. The molecule has 19 heavy (non-hydrogen) atoms. The van der Waals surface area contributed by atoms with Crippen molar-refractivity contribution in [1.82, 2.24) is 4.90 Å². The summed E-state index contributed by atoms with van der Waals surface area (Å²) in [5, 5.41) is 18.2. The number of aliphatic hydroxyl groups excluding tert-OH is 1. The van der Waals surface area contributed by atoms with Gasteiger partial charge in [0.1, 0.15) is 5.75 Å². The van der Waals surface area contributed by atoms with E-state index >= 15 is 0 Å². The summed E-state index contributed by atoms with van der Waals surface area (Å²) in [6.07, 6.45) is 1.82. The first-order chi connectivity index (χ1) is 9.10. The van der Waals surface area contributed by atoms with Gasteiger partial charge in [-0.05, 0) is 44.4 Å². The summed E-state index contributed by atoms with van der Waals surface area (Å²) in [7, 11) is 0. The number of carbonyl (C=O) groups is 1. The largest absolute Gasteiger partial charge is 0.508 e. The van der Waals surface area contributed by atoms with Crippen molar-refractivity contribution in [3.8, 4) is 5.75 Å². The number of benzene rings is 1. The number of nitrogens with zero attached hydrogens (tertiary/aromatic N) is 1. The number of hydrogen-bond donors (Lipinski definition) is 2. The predicted molar refractivity (Wildman–Crippen MR) is 74.8 cm³/mol. The molecule has 1 aromatic rings. The monoisotopic (exact) mass is 265 g/mol. The molecule has 0 fully saturated rings. The Labute approximate surface area is 114 Å². The minimum atomic E-state index is -0.0567. The fourth-order valence-corrected chi connectivity index (χ4v) is 2.16. The fourth-order valence-electron chi connectivity index (χ4n) is 2.16. The van der Waals surface area contributed by atoms with Crippen molar-refractivity contribution in [2.24, 2.45) is 0 Å². The van der Waals surface area contributed by atoms with Crippen molar-refractivity contribution in [3.05, 3.63) is 29.8 Å². The molecular formula is C15H23NO3. The maximum atomic E-state index is 12.1. The standard InChI is InChI=1S/C15H23NO3/c1-3-16(15(19)9-4-5-10-17)12(2)13-7-6-8-14(18)11-13/h6-8,11-12,17-18H,3-5,9-10H2,1-2H3. The first-order valence-corrected chi connectivity index (χ1v) is 6.79. The molecule has 1 aromatic carbocycles. The second-order valence-electron chi connectivity index (χ2n) is 4.63. The summed E-state index contributed by atoms with van der Waals surface area (Å²) in [6.45, 7) is 4.67. The summed E-state index contributed by atoms with van der Waals surface area (Å²) >= 11 is 0. The normalized spacial score (nSPS) is 12.2. The highest BCUT2D eigenvalue weighted by atomic mass is 16.3. The molecule has 1 atom stereocenters. The van der Waals surface area contributed by atoms with Gasteiger partial charge in [-0.3, -0.25) is 4.79 Å². The van der Waals surface area contributed by atoms with Gasteiger partial charge in [0.25, 0.3) is 0 Å². The van der Waals surface area contributed by atoms with Crippen molar-refractivity contribution in [1.29, 1.82) is 0 Å². The molecule has 0 saturated carbocycles. The van der Waals surface area contributed by atoms with Crippen molar-refractivity contribution >= 4 is 5.91 Å². The van der Waals surface area contributed by atoms with Gasteiger partial charge in [-0.15, -0.1) is 0 Å². The van der Waals surface area contributed by atoms with Gasteiger partial charge in [0.2, 0.25) is 5.91 Å². The summed E-state index contributed by atoms with van der Waals surface area (Å²) in [4.78, 5) is 13.9. The molecule has 1 unspecified atom stereocenters. The highest BCUT2D eigenvalue weighted by molar-refractivity contribution is 5.76. The van der Waals surface area contributed by atoms with E-state index < -0.39 is 0 Å². The molecule has 0 aliphatic heterocycles. The lowest BCUT2D eigenvalue weighted by molar-refractivity contribution is -0.133. The van der Waals surface area contributed by atoms with Crippen molar-refractivity contribution < 1.29 is 15.0 Å². The van der Waals surface area contributed by atoms with Crippen molar-refractivity contribution in [2.75, 3.05) is 13.2 Å². The quantitative estimate of drug-likeness (QED) is 0.744. The van der Waals surface area contributed by atoms with E-state index in [-0.39, 0.29) is 24.3 Å². The van der Waals surface area contributed by atoms with Crippen LogP contribution in [0.1, 0.15) is 44.7 Å². The zero-order chi connectivity index (χ0) is 14.3. The number of aromatic hydroxyl groups is 1. The number of phenols is 1. The Hall–Kier alpha value is -1.55. The first-order valence-electron chi connectivity index (χ1n) is 6.79. The number of carbonyl (C=O) groups excluding carboxylic acids is 1. The third-order valence-electron chi connectivity index (χ3n) is 3.28. The molecule has 0 spiro atoms. The van der Waals surface area contributed by atoms with Crippen LogP contribution in [-0.4, -0.2) is 34.2 Å². The highest BCUT2D eigenvalue weighted by Gasteiger charge is 2.19. The van der Waals surface area contributed by atoms with Crippen molar-refractivity contribution in [2.45, 2.75) is 39.2 Å². The number of phenolic OH excluding ortho intramolecular Hbond substituents is 1. The summed E-state index contributed by atoms with van der Waals surface area (Å²) < 4.78 is 0. The lowest BCUT2D eigenvalue weighted by Crippen LogP contribution is -2.33. The third kappa shape index (κ3) is 4.56. The zero-order valence-electron chi connectivity index (χ0n) is 11.7. The Bertz CT molecular complexity index is 406. The van der Waals surface area contributed by atoms with E-state index in [9.17, 15) is 9.90 Å². The summed E-state index contributed by atoms with van der Waals surface area (Å²) in [5.41, 5.74) is 0.928. The van der Waals surface area contributed by atoms with Crippen LogP contribution in [-0.2, 0) is 4.79 Å². The number of hydrogen-bond acceptors (Lipinski definition) is 3. The molecule has 0 bridgehead atoms. The molecule has 0 saturated heterocycles. The van der Waals surface area contributed by atoms with Crippen LogP contribution < -0.4 is 0 Å². The molecule has 4 nitrogen and oxygen atoms in total. The second-order valence-corrected chi connectivity index (χ2v) is 4.63. The topological polar surface area (TPSA) is 60.8 Å². The lowest BCUT2D eigenvalue weighted by atomic mass is 10.1. The Kier molecular flexibility index (Phi) is 6.36. The fraction of sp³-hybridized carbons (Fsp3) is 0.533. The molecule has 0 aromatic heterocycles. The number of unbranched alkanes of at least 4 members (excludes halogenated alkanes) is 1. The maximum absolute atomic E-state index is 12.1. The second kappa shape index (κ2) is 7.79. The molecule has 2 N–H and O–H groups in total. The molecular weight excluding hydrogens is 242 g/mol. The van der Waals surface area contributed by atoms with Gasteiger partial charge in [-0.2, -0.15) is 0 Å². The van der Waals surface area contributed by atoms with Crippen LogP contribution in [0, 0.1) is 0 Å². The molecule has 106 valence electrons. The molecule has 0 aliphatic carbocycles. The van der Waals surface area contributed by atoms with Gasteiger partial charge in [0, 0.05) is 19.6 Å². The van der Waals surface area contributed by atoms with E-state index in [0.29, 0.717) is 25.8 Å². The molecule has 1 amide bonds. The van der Waals surface area contributed by atoms with Gasteiger partial charge in [0.15, 0.2) is 0 Å². The van der Waals surface area contributed by atoms with E-state index in [4.69, 9.17) is 5.11 Å². The number of amides is 1. The summed E-state index contributed by atoms with van der Waals surface area (Å²) in [5.74, 6) is 0.305. The van der Waals surface area contributed by atoms with Crippen LogP contribution in [0.25, 0.3) is 0 Å². The van der Waals surface area contributed by atoms with Crippen LogP contribution in [0.15, 0.2) is 24.3 Å². The molecule has 0 aliphatic rings. The Morgan fingerprint density at radius 1 is 1.37 bits per heavy atom. The van der Waals surface area contributed by atoms with Crippen molar-refractivity contribution in [3.63, 3.8) is 0 Å². The van der Waals surface area contributed by atoms with E-state index in [1.165, 1.54) is 0 Å². The highest BCUT2D eigenvalue weighted by Crippen LogP contribution is 2.24. The average molecular weight is 265 g/mol. The van der Waals surface area contributed by atoms with Crippen LogP contribution in [0.5, 0.6) is 5.75 Å². The Morgan fingerprint density at radius 3 is 2.68 bits per heavy atom. The van der Waals surface area contributed by atoms with Gasteiger partial charge < -0.3 is 15.1 Å². The Balaban J connectivity index is 2.70. The maximum Gasteiger partial charge on any atom is 0.223 e. The minimum Gasteiger partial charge on any atom is -0.508 e. The Morgan fingerprint density at radius 2 is 2.11 bits per heavy atom. The van der Waals surface area contributed by atoms with Gasteiger partial charge in [-0.25, -0.2) is 0 Å². The number of aliphatic hydroxyl groups is 1. The van der Waals surface area contributed by atoms with Crippen LogP contribution in [0.4, 0.5) is 0 Å². The molecule has 0 radical (unpaired) electrons. The summed E-state index contributed by atoms with van der Waals surface area (Å²) in [6, 6.07) is 6.95. The van der Waals surface area contributed by atoms with E-state index in [2.05, 4.69) is 0 Å². The van der Waals surface area contributed by atoms with E-state index in [0.717, 1.165) is 5.56 Å². The van der Waals surface area contributed by atoms with Crippen LogP contribution in [0.2, 0.25) is 0 Å². The predicted octanol–water partition coefficient (Wildman–Crippen LogP) is 2.46. The van der Waals surface area contributed by atoms with E-state index in [1.807, 2.05) is 19.9 Å². The van der Waals surface area contributed by atoms with Crippen LogP contribution >= 0.6 is 0 Å². The van der Waals surface area contributed by atoms with E-state index in [1.54, 1.807) is 23.1 Å². The van der Waals surface area contributed by atoms with Gasteiger partial charge in [-0.1, -0.05) is 12.1 Å². The number of rotatable bonds is 7. The molecule has 0 heterocycles. The minimum absolute atomic E-state index is 0.0567. The molecule has 4 heteroatoms. The molecule has 1 rings (SSSR count). The SMILES string of the molecule is CCN(C(=O)CCCCO)C(C)c1cccc(O)c1. The third-order valence-corrected chi connectivity index (χ3v) is 3.28. The van der Waals surface area contributed by atoms with Gasteiger partial charge >= 0.3 is 0 Å². The average Bonchev–Trinajstić information content (AvgIpc) is 2.39. The van der Waals surface area contributed by atoms with Crippen LogP contribution in [0.3, 0.4) is 0 Å². The first kappa shape index (κ1) is 15.5.